The summed E-state index contributed by atoms with van der Waals surface area (Å²) in [6.07, 6.45) is 0. The number of nitrogens with zero attached hydrogens (tertiary/aromatic N) is 2. The van der Waals surface area contributed by atoms with Crippen molar-refractivity contribution in [3.63, 3.8) is 0 Å². The molecule has 0 saturated heterocycles. The average molecular weight is 655 g/mol. The zero-order valence-electron chi connectivity index (χ0n) is 27.5. The molecular weight excluding hydrogens is 625 g/mol. The molecule has 0 aliphatic carbocycles. The summed E-state index contributed by atoms with van der Waals surface area (Å²) in [5, 5.41) is 4.42. The second-order valence-corrected chi connectivity index (χ2v) is 12.7. The highest BCUT2D eigenvalue weighted by Gasteiger charge is 2.23. The van der Waals surface area contributed by atoms with Crippen LogP contribution in [0.5, 0.6) is 0 Å². The second kappa shape index (κ2) is 11.9. The van der Waals surface area contributed by atoms with Crippen molar-refractivity contribution >= 4 is 60.9 Å². The molecule has 240 valence electrons. The number of anilines is 3. The number of rotatable bonds is 6. The number of benzene rings is 8. The number of hydrogen-bond donors (Lipinski definition) is 0. The monoisotopic (exact) mass is 654 g/mol. The first kappa shape index (κ1) is 29.0. The summed E-state index contributed by atoms with van der Waals surface area (Å²) in [5.74, 6) is 0.596. The maximum Gasteiger partial charge on any atom is 0.227 e. The Balaban J connectivity index is 1.19. The van der Waals surface area contributed by atoms with E-state index in [0.29, 0.717) is 11.5 Å². The molecule has 0 amide bonds. The number of fused-ring (bicyclic) bond motifs is 5. The molecule has 8 aromatic carbocycles. The molecule has 0 fully saturated rings. The van der Waals surface area contributed by atoms with Crippen LogP contribution in [0.2, 0.25) is 0 Å². The molecule has 0 saturated carbocycles. The maximum atomic E-state index is 6.81. The lowest BCUT2D eigenvalue weighted by Gasteiger charge is -2.28. The molecule has 10 aromatic rings. The van der Waals surface area contributed by atoms with Gasteiger partial charge in [-0.15, -0.1) is 0 Å². The van der Waals surface area contributed by atoms with Crippen LogP contribution >= 0.6 is 0 Å². The third-order valence-corrected chi connectivity index (χ3v) is 9.71. The zero-order valence-corrected chi connectivity index (χ0v) is 27.5. The van der Waals surface area contributed by atoms with Crippen LogP contribution < -0.4 is 4.90 Å². The van der Waals surface area contributed by atoms with E-state index in [1.54, 1.807) is 0 Å². The highest BCUT2D eigenvalue weighted by Crippen LogP contribution is 2.47. The Labute approximate surface area is 294 Å². The summed E-state index contributed by atoms with van der Waals surface area (Å²) in [7, 11) is 0. The van der Waals surface area contributed by atoms with Crippen molar-refractivity contribution in [3.8, 4) is 33.7 Å². The molecule has 0 aliphatic heterocycles. The predicted octanol–water partition coefficient (Wildman–Crippen LogP) is 13.4. The Kier molecular flexibility index (Phi) is 6.78. The molecule has 0 unspecified atom stereocenters. The van der Waals surface area contributed by atoms with E-state index < -0.39 is 0 Å². The lowest BCUT2D eigenvalue weighted by molar-refractivity contribution is 0.617. The van der Waals surface area contributed by atoms with Gasteiger partial charge < -0.3 is 13.7 Å². The SMILES string of the molecule is c1ccc(-c2ccc(N(c3ccccc3-c3cccc4ccccc34)c3cccc4c3oc3cc5oc(-c6ccccc6)nc5cc34)cc2)cc1. The van der Waals surface area contributed by atoms with Gasteiger partial charge in [0.1, 0.15) is 11.1 Å². The van der Waals surface area contributed by atoms with E-state index in [-0.39, 0.29) is 0 Å². The van der Waals surface area contributed by atoms with Crippen LogP contribution in [0.4, 0.5) is 17.1 Å². The molecule has 0 bridgehead atoms. The fraction of sp³-hybridized carbons (Fsp3) is 0. The van der Waals surface area contributed by atoms with Crippen molar-refractivity contribution in [2.24, 2.45) is 0 Å². The summed E-state index contributed by atoms with van der Waals surface area (Å²) in [5.41, 5.74) is 11.6. The third kappa shape index (κ3) is 4.96. The molecule has 0 spiro atoms. The first-order valence-corrected chi connectivity index (χ1v) is 17.1. The highest BCUT2D eigenvalue weighted by atomic mass is 16.4. The van der Waals surface area contributed by atoms with E-state index in [0.717, 1.165) is 61.2 Å². The minimum Gasteiger partial charge on any atom is -0.454 e. The number of hydrogen-bond acceptors (Lipinski definition) is 4. The molecule has 2 aromatic heterocycles. The second-order valence-electron chi connectivity index (χ2n) is 12.7. The predicted molar refractivity (Wildman–Crippen MR) is 210 cm³/mol. The molecule has 0 atom stereocenters. The molecule has 2 heterocycles. The summed E-state index contributed by atoms with van der Waals surface area (Å²) in [4.78, 5) is 7.18. The molecule has 0 N–H and O–H groups in total. The maximum absolute atomic E-state index is 6.81. The van der Waals surface area contributed by atoms with Gasteiger partial charge in [0.15, 0.2) is 11.2 Å². The van der Waals surface area contributed by atoms with Crippen LogP contribution in [-0.2, 0) is 0 Å². The Morgan fingerprint density at radius 2 is 1.04 bits per heavy atom. The number of para-hydroxylation sites is 2. The Hall–Kier alpha value is -6.91. The number of oxazole rings is 1. The van der Waals surface area contributed by atoms with Crippen molar-refractivity contribution < 1.29 is 8.83 Å². The lowest BCUT2D eigenvalue weighted by atomic mass is 9.96. The fourth-order valence-electron chi connectivity index (χ4n) is 7.28. The zero-order chi connectivity index (χ0) is 33.7. The Morgan fingerprint density at radius 3 is 1.88 bits per heavy atom. The first-order valence-electron chi connectivity index (χ1n) is 17.1. The standard InChI is InChI=1S/C47H30N2O2/c1-3-13-31(14-4-1)32-25-27-35(28-26-32)49(42-23-10-9-20-38(42)37-21-11-18-33-15-7-8-19-36(33)37)43-24-12-22-39-40-29-41-45(30-44(40)50-46(39)43)51-47(48-41)34-16-5-2-6-17-34/h1-30H. The van der Waals surface area contributed by atoms with E-state index in [4.69, 9.17) is 13.8 Å². The van der Waals surface area contributed by atoms with Gasteiger partial charge in [0.2, 0.25) is 5.89 Å². The highest BCUT2D eigenvalue weighted by molar-refractivity contribution is 6.13. The Bertz CT molecular complexity index is 2850. The first-order chi connectivity index (χ1) is 25.3. The minimum atomic E-state index is 0.596. The molecule has 51 heavy (non-hydrogen) atoms. The molecule has 4 heteroatoms. The van der Waals surface area contributed by atoms with Gasteiger partial charge >= 0.3 is 0 Å². The van der Waals surface area contributed by atoms with Crippen molar-refractivity contribution in [2.75, 3.05) is 4.90 Å². The van der Waals surface area contributed by atoms with Crippen LogP contribution in [0.25, 0.3) is 77.5 Å². The van der Waals surface area contributed by atoms with Crippen molar-refractivity contribution in [3.05, 3.63) is 182 Å². The normalized spacial score (nSPS) is 11.5. The van der Waals surface area contributed by atoms with Crippen molar-refractivity contribution in [1.82, 2.24) is 4.98 Å². The topological polar surface area (TPSA) is 42.4 Å². The van der Waals surface area contributed by atoms with Crippen molar-refractivity contribution in [1.29, 1.82) is 0 Å². The molecule has 0 radical (unpaired) electrons. The summed E-state index contributed by atoms with van der Waals surface area (Å²) >= 11 is 0. The largest absolute Gasteiger partial charge is 0.454 e. The van der Waals surface area contributed by atoms with Gasteiger partial charge in [0, 0.05) is 33.7 Å². The molecular formula is C47H30N2O2. The van der Waals surface area contributed by atoms with Crippen LogP contribution in [0.1, 0.15) is 0 Å². The average Bonchev–Trinajstić information content (AvgIpc) is 3.79. The van der Waals surface area contributed by atoms with E-state index in [9.17, 15) is 0 Å². The minimum absolute atomic E-state index is 0.596. The molecule has 10 rings (SSSR count). The lowest BCUT2D eigenvalue weighted by Crippen LogP contribution is -2.11. The van der Waals surface area contributed by atoms with Gasteiger partial charge in [0.05, 0.1) is 11.4 Å². The van der Waals surface area contributed by atoms with E-state index >= 15 is 0 Å². The van der Waals surface area contributed by atoms with Crippen LogP contribution in [0.15, 0.2) is 191 Å². The van der Waals surface area contributed by atoms with Gasteiger partial charge in [-0.1, -0.05) is 133 Å². The number of furan rings is 1. The summed E-state index contributed by atoms with van der Waals surface area (Å²) < 4.78 is 13.1. The van der Waals surface area contributed by atoms with E-state index in [1.165, 1.54) is 21.9 Å². The Morgan fingerprint density at radius 1 is 0.412 bits per heavy atom. The van der Waals surface area contributed by atoms with E-state index in [2.05, 4.69) is 144 Å². The van der Waals surface area contributed by atoms with Gasteiger partial charge in [0.25, 0.3) is 0 Å². The quantitative estimate of drug-likeness (QED) is 0.179. The molecule has 4 nitrogen and oxygen atoms in total. The van der Waals surface area contributed by atoms with Crippen molar-refractivity contribution in [2.45, 2.75) is 0 Å². The van der Waals surface area contributed by atoms with Crippen LogP contribution in [-0.4, -0.2) is 4.98 Å². The van der Waals surface area contributed by atoms with E-state index in [1.807, 2.05) is 42.5 Å². The van der Waals surface area contributed by atoms with Gasteiger partial charge in [-0.05, 0) is 69.9 Å². The fourth-order valence-corrected chi connectivity index (χ4v) is 7.28. The summed E-state index contributed by atoms with van der Waals surface area (Å²) in [6, 6.07) is 63.4. The smallest absolute Gasteiger partial charge is 0.227 e. The van der Waals surface area contributed by atoms with Crippen LogP contribution in [0.3, 0.4) is 0 Å². The summed E-state index contributed by atoms with van der Waals surface area (Å²) in [6.45, 7) is 0. The molecule has 0 aliphatic rings. The van der Waals surface area contributed by atoms with Gasteiger partial charge in [-0.2, -0.15) is 0 Å². The third-order valence-electron chi connectivity index (χ3n) is 9.71. The van der Waals surface area contributed by atoms with Gasteiger partial charge in [-0.3, -0.25) is 0 Å². The number of aromatic nitrogens is 1. The van der Waals surface area contributed by atoms with Crippen LogP contribution in [0, 0.1) is 0 Å². The van der Waals surface area contributed by atoms with Gasteiger partial charge in [-0.25, -0.2) is 4.98 Å².